The second-order valence-electron chi connectivity index (χ2n) is 9.65. The molecule has 0 amide bonds. The number of aromatic nitrogens is 2. The number of pyridine rings is 1. The van der Waals surface area contributed by atoms with Crippen LogP contribution in [0.1, 0.15) is 45.9 Å². The first-order valence-electron chi connectivity index (χ1n) is 12.5. The zero-order valence-electron chi connectivity index (χ0n) is 21.1. The molecule has 2 aliphatic heterocycles. The molecular weight excluding hydrogens is 454 g/mol. The maximum Gasteiger partial charge on any atom is 0.170 e. The van der Waals surface area contributed by atoms with Crippen LogP contribution in [0.4, 0.5) is 0 Å². The van der Waals surface area contributed by atoms with E-state index in [9.17, 15) is 0 Å². The molecule has 6 nitrogen and oxygen atoms in total. The van der Waals surface area contributed by atoms with Gasteiger partial charge in [-0.3, -0.25) is 9.88 Å². The Morgan fingerprint density at radius 2 is 1.83 bits per heavy atom. The van der Waals surface area contributed by atoms with Gasteiger partial charge in [-0.25, -0.2) is 0 Å². The lowest BCUT2D eigenvalue weighted by atomic mass is 9.96. The van der Waals surface area contributed by atoms with Gasteiger partial charge in [0.2, 0.25) is 0 Å². The molecule has 1 N–H and O–H groups in total. The molecule has 4 heterocycles. The lowest BCUT2D eigenvalue weighted by Crippen LogP contribution is -2.42. The average Bonchev–Trinajstić information content (AvgIpc) is 3.35. The number of ether oxygens (including phenoxy) is 1. The minimum absolute atomic E-state index is 0.000876. The van der Waals surface area contributed by atoms with Crippen LogP contribution in [0, 0.1) is 27.7 Å². The fourth-order valence-corrected chi connectivity index (χ4v) is 5.83. The Morgan fingerprint density at radius 3 is 2.57 bits per heavy atom. The number of rotatable bonds is 6. The number of benzene rings is 1. The molecule has 7 heteroatoms. The topological polar surface area (TPSA) is 45.6 Å². The van der Waals surface area contributed by atoms with Gasteiger partial charge in [0.1, 0.15) is 0 Å². The standard InChI is InChI=1S/C28H35N5OS/c1-19-8-7-10-25(21(19)3)33-20(2)18-23(22(33)4)27-26(24-9-5-6-11-29-24)30-28(35)32(27)13-12-31-14-16-34-17-15-31/h5-11,18,26-27H,12-17H2,1-4H3,(H,30,35)/t26-,27+/m0/s1. The van der Waals surface area contributed by atoms with Crippen molar-refractivity contribution in [2.24, 2.45) is 0 Å². The van der Waals surface area contributed by atoms with E-state index in [2.05, 4.69) is 83.8 Å². The Kier molecular flexibility index (Phi) is 6.91. The van der Waals surface area contributed by atoms with Crippen LogP contribution in [0.15, 0.2) is 48.7 Å². The van der Waals surface area contributed by atoms with Gasteiger partial charge in [0.25, 0.3) is 0 Å². The number of nitrogens with zero attached hydrogens (tertiary/aromatic N) is 4. The minimum Gasteiger partial charge on any atom is -0.379 e. The molecule has 5 rings (SSSR count). The van der Waals surface area contributed by atoms with E-state index in [-0.39, 0.29) is 12.1 Å². The SMILES string of the molecule is Cc1cccc(-n2c(C)cc([C@@H]3[C@H](c4ccccn4)NC(=S)N3CCN3CCOCC3)c2C)c1C. The molecule has 184 valence electrons. The summed E-state index contributed by atoms with van der Waals surface area (Å²) in [6.07, 6.45) is 1.87. The van der Waals surface area contributed by atoms with Crippen LogP contribution in [0.2, 0.25) is 0 Å². The monoisotopic (exact) mass is 489 g/mol. The summed E-state index contributed by atoms with van der Waals surface area (Å²) in [6, 6.07) is 15.1. The number of hydrogen-bond acceptors (Lipinski definition) is 4. The van der Waals surface area contributed by atoms with Crippen LogP contribution in [0.25, 0.3) is 5.69 Å². The van der Waals surface area contributed by atoms with Gasteiger partial charge in [-0.2, -0.15) is 0 Å². The van der Waals surface area contributed by atoms with Crippen molar-refractivity contribution in [3.63, 3.8) is 0 Å². The highest BCUT2D eigenvalue weighted by molar-refractivity contribution is 7.80. The molecule has 35 heavy (non-hydrogen) atoms. The van der Waals surface area contributed by atoms with Crippen LogP contribution in [0.3, 0.4) is 0 Å². The van der Waals surface area contributed by atoms with Gasteiger partial charge in [0.15, 0.2) is 5.11 Å². The molecule has 0 saturated carbocycles. The summed E-state index contributed by atoms with van der Waals surface area (Å²) in [4.78, 5) is 9.56. The van der Waals surface area contributed by atoms with Crippen LogP contribution < -0.4 is 5.32 Å². The van der Waals surface area contributed by atoms with Crippen molar-refractivity contribution in [1.29, 1.82) is 0 Å². The van der Waals surface area contributed by atoms with Crippen molar-refractivity contribution in [1.82, 2.24) is 24.7 Å². The van der Waals surface area contributed by atoms with Crippen LogP contribution >= 0.6 is 12.2 Å². The first-order valence-corrected chi connectivity index (χ1v) is 12.9. The zero-order chi connectivity index (χ0) is 24.5. The van der Waals surface area contributed by atoms with Crippen LogP contribution in [0.5, 0.6) is 0 Å². The zero-order valence-corrected chi connectivity index (χ0v) is 21.9. The van der Waals surface area contributed by atoms with E-state index < -0.39 is 0 Å². The Hall–Kier alpha value is -2.74. The van der Waals surface area contributed by atoms with Crippen molar-refractivity contribution in [3.8, 4) is 5.69 Å². The average molecular weight is 490 g/mol. The molecule has 2 fully saturated rings. The van der Waals surface area contributed by atoms with Crippen molar-refractivity contribution >= 4 is 17.3 Å². The maximum atomic E-state index is 5.91. The third-order valence-electron chi connectivity index (χ3n) is 7.56. The molecule has 0 radical (unpaired) electrons. The number of aryl methyl sites for hydroxylation is 2. The molecule has 2 aromatic heterocycles. The van der Waals surface area contributed by atoms with Crippen LogP contribution in [-0.4, -0.2) is 63.9 Å². The molecule has 0 unspecified atom stereocenters. The Morgan fingerprint density at radius 1 is 1.03 bits per heavy atom. The van der Waals surface area contributed by atoms with Gasteiger partial charge < -0.3 is 19.5 Å². The molecule has 3 aromatic rings. The first kappa shape index (κ1) is 24.0. The number of nitrogens with one attached hydrogen (secondary N) is 1. The van der Waals surface area contributed by atoms with Crippen molar-refractivity contribution < 1.29 is 4.74 Å². The highest BCUT2D eigenvalue weighted by atomic mass is 32.1. The quantitative estimate of drug-likeness (QED) is 0.518. The first-order chi connectivity index (χ1) is 17.0. The largest absolute Gasteiger partial charge is 0.379 e. The van der Waals surface area contributed by atoms with E-state index in [1.54, 1.807) is 0 Å². The minimum atomic E-state index is 0.000876. The molecule has 2 atom stereocenters. The molecule has 0 spiro atoms. The van der Waals surface area contributed by atoms with E-state index in [1.165, 1.54) is 33.8 Å². The second-order valence-corrected chi connectivity index (χ2v) is 10.0. The fourth-order valence-electron chi connectivity index (χ4n) is 5.49. The molecule has 1 aromatic carbocycles. The summed E-state index contributed by atoms with van der Waals surface area (Å²) >= 11 is 5.91. The smallest absolute Gasteiger partial charge is 0.170 e. The molecule has 0 aliphatic carbocycles. The Bertz CT molecular complexity index is 1200. The highest BCUT2D eigenvalue weighted by Gasteiger charge is 2.41. The van der Waals surface area contributed by atoms with Gasteiger partial charge in [-0.15, -0.1) is 0 Å². The molecule has 2 saturated heterocycles. The number of morpholine rings is 1. The third-order valence-corrected chi connectivity index (χ3v) is 7.92. The Labute approximate surface area is 213 Å². The summed E-state index contributed by atoms with van der Waals surface area (Å²) in [5, 5.41) is 4.42. The lowest BCUT2D eigenvalue weighted by molar-refractivity contribution is 0.0350. The second kappa shape index (κ2) is 10.1. The van der Waals surface area contributed by atoms with Gasteiger partial charge in [0.05, 0.1) is 31.0 Å². The Balaban J connectivity index is 1.55. The molecule has 2 aliphatic rings. The van der Waals surface area contributed by atoms with Gasteiger partial charge in [-0.05, 0) is 80.9 Å². The van der Waals surface area contributed by atoms with Crippen molar-refractivity contribution in [2.45, 2.75) is 39.8 Å². The van der Waals surface area contributed by atoms with Gasteiger partial charge in [0, 0.05) is 49.5 Å². The maximum absolute atomic E-state index is 5.91. The van der Waals surface area contributed by atoms with E-state index in [1.807, 2.05) is 12.3 Å². The molecule has 0 bridgehead atoms. The summed E-state index contributed by atoms with van der Waals surface area (Å²) < 4.78 is 7.94. The van der Waals surface area contributed by atoms with E-state index in [0.717, 1.165) is 50.2 Å². The van der Waals surface area contributed by atoms with Gasteiger partial charge in [-0.1, -0.05) is 18.2 Å². The van der Waals surface area contributed by atoms with Gasteiger partial charge >= 0.3 is 0 Å². The third kappa shape index (κ3) is 4.60. The highest BCUT2D eigenvalue weighted by Crippen LogP contribution is 2.41. The van der Waals surface area contributed by atoms with E-state index in [4.69, 9.17) is 21.9 Å². The van der Waals surface area contributed by atoms with E-state index >= 15 is 0 Å². The van der Waals surface area contributed by atoms with Crippen molar-refractivity contribution in [2.75, 3.05) is 39.4 Å². The fraction of sp³-hybridized carbons (Fsp3) is 0.429. The summed E-state index contributed by atoms with van der Waals surface area (Å²) in [5.41, 5.74) is 8.67. The van der Waals surface area contributed by atoms with E-state index in [0.29, 0.717) is 0 Å². The summed E-state index contributed by atoms with van der Waals surface area (Å²) in [7, 11) is 0. The lowest BCUT2D eigenvalue weighted by Gasteiger charge is -2.32. The number of thiocarbonyl (C=S) groups is 1. The normalized spacial score (nSPS) is 20.9. The number of hydrogen-bond donors (Lipinski definition) is 1. The van der Waals surface area contributed by atoms with Crippen molar-refractivity contribution in [3.05, 3.63) is 82.4 Å². The predicted octanol–water partition coefficient (Wildman–Crippen LogP) is 4.41. The summed E-state index contributed by atoms with van der Waals surface area (Å²) in [5.74, 6) is 0. The predicted molar refractivity (Wildman–Crippen MR) is 144 cm³/mol. The molecular formula is C28H35N5OS. The summed E-state index contributed by atoms with van der Waals surface area (Å²) in [6.45, 7) is 14.2. The van der Waals surface area contributed by atoms with Crippen LogP contribution in [-0.2, 0) is 4.74 Å².